The average Bonchev–Trinajstić information content (AvgIpc) is 2.84. The normalized spacial score (nSPS) is 14.7. The number of hydrogen-bond donors (Lipinski definition) is 0. The highest BCUT2D eigenvalue weighted by molar-refractivity contribution is 7.71. The Morgan fingerprint density at radius 2 is 1.12 bits per heavy atom. The third-order valence-electron chi connectivity index (χ3n) is 4.10. The minimum Gasteiger partial charge on any atom is -0.368 e. The molecule has 2 atom stereocenters. The van der Waals surface area contributed by atoms with Crippen molar-refractivity contribution in [2.24, 2.45) is 13.8 Å². The van der Waals surface area contributed by atoms with Crippen molar-refractivity contribution >= 4 is 23.3 Å². The smallest absolute Gasteiger partial charge is 0.345 e. The molecule has 0 N–H and O–H groups in total. The fourth-order valence-electron chi connectivity index (χ4n) is 2.53. The monoisotopic (exact) mass is 547 g/mol. The van der Waals surface area contributed by atoms with Crippen molar-refractivity contribution in [2.45, 2.75) is 99.8 Å². The van der Waals surface area contributed by atoms with E-state index in [1.807, 2.05) is 13.8 Å². The lowest BCUT2D eigenvalue weighted by atomic mass is 10.5. The summed E-state index contributed by atoms with van der Waals surface area (Å²) in [6, 6.07) is 0. The average molecular weight is 548 g/mol. The largest absolute Gasteiger partial charge is 0.368 e. The maximum Gasteiger partial charge on any atom is 0.345 e. The Morgan fingerprint density at radius 3 is 1.56 bits per heavy atom. The highest BCUT2D eigenvalue weighted by atomic mass is 31.2. The molecule has 2 unspecified atom stereocenters. The Bertz CT molecular complexity index is 627. The summed E-state index contributed by atoms with van der Waals surface area (Å²) >= 11 is 0. The van der Waals surface area contributed by atoms with Crippen LogP contribution in [0.25, 0.3) is 0 Å². The van der Waals surface area contributed by atoms with Crippen LogP contribution >= 0.6 is 23.3 Å². The van der Waals surface area contributed by atoms with E-state index in [1.54, 1.807) is 0 Å². The van der Waals surface area contributed by atoms with E-state index in [0.717, 1.165) is 38.5 Å². The third-order valence-corrected chi connectivity index (χ3v) is 12.0. The molecule has 0 heterocycles. The summed E-state index contributed by atoms with van der Waals surface area (Å²) in [5, 5.41) is 0. The van der Waals surface area contributed by atoms with Crippen LogP contribution in [-0.4, -0.2) is 52.0 Å². The van der Waals surface area contributed by atoms with Gasteiger partial charge in [-0.25, -0.2) is 0 Å². The second kappa shape index (κ2) is 21.5. The standard InChI is InChI=1S/C22H52N3O6P3/c1-9-16-26-22(8)33(23-15-7,29-19-12-4)25-34(30-20-13-5,31-21-14-6)24-32(27-17-10-2)28-18-11-3/h22,32H,9-21H2,1-8H3. The van der Waals surface area contributed by atoms with Crippen molar-refractivity contribution in [3.05, 3.63) is 0 Å². The van der Waals surface area contributed by atoms with Crippen molar-refractivity contribution in [3.63, 3.8) is 0 Å². The minimum absolute atomic E-state index is 0.326. The highest BCUT2D eigenvalue weighted by Crippen LogP contribution is 2.70. The number of hydrogen-bond acceptors (Lipinski definition) is 7. The van der Waals surface area contributed by atoms with Crippen molar-refractivity contribution in [3.8, 4) is 0 Å². The first-order chi connectivity index (χ1) is 16.4. The van der Waals surface area contributed by atoms with Crippen LogP contribution in [0.5, 0.6) is 0 Å². The summed E-state index contributed by atoms with van der Waals surface area (Å²) in [5.41, 5.74) is 0. The lowest BCUT2D eigenvalue weighted by Gasteiger charge is -2.30. The van der Waals surface area contributed by atoms with Crippen molar-refractivity contribution in [1.29, 1.82) is 0 Å². The molecule has 0 rings (SSSR count). The predicted octanol–water partition coefficient (Wildman–Crippen LogP) is 9.12. The first-order valence-electron chi connectivity index (χ1n) is 13.0. The van der Waals surface area contributed by atoms with Gasteiger partial charge in [0.1, 0.15) is 5.85 Å². The van der Waals surface area contributed by atoms with E-state index in [4.69, 9.17) is 41.1 Å². The molecule has 206 valence electrons. The molecule has 0 saturated carbocycles. The van der Waals surface area contributed by atoms with Crippen LogP contribution in [0.4, 0.5) is 0 Å². The maximum absolute atomic E-state index is 6.43. The van der Waals surface area contributed by atoms with Gasteiger partial charge in [0, 0.05) is 13.2 Å². The Morgan fingerprint density at radius 1 is 0.647 bits per heavy atom. The fourth-order valence-corrected chi connectivity index (χ4v) is 11.0. The Hall–Kier alpha value is 0.450. The first kappa shape index (κ1) is 34.5. The van der Waals surface area contributed by atoms with Gasteiger partial charge in [-0.05, 0) is 52.4 Å². The van der Waals surface area contributed by atoms with Gasteiger partial charge in [0.15, 0.2) is 0 Å². The van der Waals surface area contributed by atoms with Gasteiger partial charge in [-0.15, -0.1) is 0 Å². The molecule has 0 amide bonds. The summed E-state index contributed by atoms with van der Waals surface area (Å²) in [7, 11) is -7.98. The Kier molecular flexibility index (Phi) is 21.8. The lowest BCUT2D eigenvalue weighted by molar-refractivity contribution is 0.109. The highest BCUT2D eigenvalue weighted by Gasteiger charge is 2.35. The summed E-state index contributed by atoms with van der Waals surface area (Å²) in [5.74, 6) is -0.326. The molecule has 0 fully saturated rings. The van der Waals surface area contributed by atoms with Gasteiger partial charge in [0.25, 0.3) is 0 Å². The number of rotatable bonds is 22. The predicted molar refractivity (Wildman–Crippen MR) is 147 cm³/mol. The van der Waals surface area contributed by atoms with Gasteiger partial charge in [0.05, 0.1) is 33.0 Å². The molecule has 0 saturated heterocycles. The van der Waals surface area contributed by atoms with Crippen LogP contribution < -0.4 is 0 Å². The van der Waals surface area contributed by atoms with Crippen LogP contribution in [0, 0.1) is 0 Å². The van der Waals surface area contributed by atoms with Crippen molar-refractivity contribution in [1.82, 2.24) is 0 Å². The van der Waals surface area contributed by atoms with Gasteiger partial charge in [-0.2, -0.15) is 9.03 Å². The van der Waals surface area contributed by atoms with E-state index in [-0.39, 0.29) is 5.85 Å². The quantitative estimate of drug-likeness (QED) is 0.126. The molecule has 0 spiro atoms. The van der Waals surface area contributed by atoms with E-state index in [1.165, 1.54) is 0 Å². The second-order valence-corrected chi connectivity index (χ2v) is 14.2. The lowest BCUT2D eigenvalue weighted by Crippen LogP contribution is -2.12. The maximum atomic E-state index is 6.43. The fraction of sp³-hybridized carbons (Fsp3) is 1.00. The summed E-state index contributed by atoms with van der Waals surface area (Å²) < 4.78 is 52.4. The molecule has 0 aromatic carbocycles. The first-order valence-corrected chi connectivity index (χ1v) is 17.5. The number of ether oxygens (including phenoxy) is 1. The second-order valence-electron chi connectivity index (χ2n) is 7.66. The van der Waals surface area contributed by atoms with Crippen LogP contribution in [-0.2, 0) is 27.4 Å². The topological polar surface area (TPSA) is 92.5 Å². The molecular weight excluding hydrogens is 495 g/mol. The zero-order valence-corrected chi connectivity index (χ0v) is 25.7. The van der Waals surface area contributed by atoms with Crippen molar-refractivity contribution in [2.75, 3.05) is 46.2 Å². The molecule has 0 aromatic heterocycles. The molecule has 0 aliphatic heterocycles. The van der Waals surface area contributed by atoms with Gasteiger partial charge in [-0.1, -0.05) is 41.5 Å². The van der Waals surface area contributed by atoms with E-state index in [2.05, 4.69) is 41.5 Å². The Labute approximate surface area is 210 Å². The van der Waals surface area contributed by atoms with Crippen LogP contribution in [0.1, 0.15) is 93.9 Å². The van der Waals surface area contributed by atoms with E-state index >= 15 is 0 Å². The zero-order chi connectivity index (χ0) is 25.7. The van der Waals surface area contributed by atoms with Crippen LogP contribution in [0.15, 0.2) is 13.8 Å². The zero-order valence-electron chi connectivity index (χ0n) is 23.0. The SMILES string of the molecule is CCCOC(C)P(N=P(N=[PH](OCCC)OCCC)(OCCC)OCCC)(=NCC)OCCC. The summed E-state index contributed by atoms with van der Waals surface area (Å²) in [4.78, 5) is 0. The van der Waals surface area contributed by atoms with Crippen LogP contribution in [0.2, 0.25) is 0 Å². The van der Waals surface area contributed by atoms with Gasteiger partial charge < -0.3 is 27.4 Å². The molecule has 0 aliphatic rings. The molecule has 0 aromatic rings. The molecule has 0 radical (unpaired) electrons. The molecule has 9 nitrogen and oxygen atoms in total. The van der Waals surface area contributed by atoms with Gasteiger partial charge >= 0.3 is 7.66 Å². The molecule has 0 bridgehead atoms. The van der Waals surface area contributed by atoms with Gasteiger partial charge in [-0.3, -0.25) is 4.74 Å². The van der Waals surface area contributed by atoms with E-state index in [0.29, 0.717) is 46.2 Å². The molecule has 34 heavy (non-hydrogen) atoms. The van der Waals surface area contributed by atoms with Gasteiger partial charge in [0.2, 0.25) is 15.6 Å². The van der Waals surface area contributed by atoms with Crippen LogP contribution in [0.3, 0.4) is 0 Å². The van der Waals surface area contributed by atoms with E-state index in [9.17, 15) is 0 Å². The Balaban J connectivity index is 7.00. The minimum atomic E-state index is -3.15. The summed E-state index contributed by atoms with van der Waals surface area (Å²) in [6.07, 6.45) is 5.11. The third kappa shape index (κ3) is 13.7. The van der Waals surface area contributed by atoms with E-state index < -0.39 is 23.3 Å². The molecule has 0 aliphatic carbocycles. The molecule has 12 heteroatoms. The van der Waals surface area contributed by atoms with Crippen molar-refractivity contribution < 1.29 is 27.4 Å². The molecular formula is C22H52N3O6P3. The summed E-state index contributed by atoms with van der Waals surface area (Å²) in [6.45, 7) is 20.1. The number of nitrogens with zero attached hydrogens (tertiary/aromatic N) is 3.